The number of hydrogen-bond donors (Lipinski definition) is 1. The normalized spacial score (nSPS) is 19.5. The summed E-state index contributed by atoms with van der Waals surface area (Å²) in [5, 5.41) is -0.149. The Hall–Kier alpha value is -2.61. The maximum atomic E-state index is 12.9. The van der Waals surface area contributed by atoms with Crippen LogP contribution in [0.4, 0.5) is 10.5 Å². The minimum atomic E-state index is -4.12. The minimum Gasteiger partial charge on any atom is -0.445 e. The first-order valence-corrected chi connectivity index (χ1v) is 15.5. The predicted molar refractivity (Wildman–Crippen MR) is 138 cm³/mol. The number of halogens is 2. The topological polar surface area (TPSA) is 143 Å². The molecule has 2 aliphatic heterocycles. The quantitative estimate of drug-likeness (QED) is 0.518. The number of aromatic nitrogens is 1. The molecule has 2 saturated heterocycles. The summed E-state index contributed by atoms with van der Waals surface area (Å²) in [6.45, 7) is 1.85. The average Bonchev–Trinajstić information content (AvgIpc) is 3.34. The molecule has 11 nitrogen and oxygen atoms in total. The zero-order valence-electron chi connectivity index (χ0n) is 19.6. The molecule has 2 aliphatic rings. The van der Waals surface area contributed by atoms with E-state index in [1.54, 1.807) is 28.0 Å². The number of anilines is 1. The highest BCUT2D eigenvalue weighted by Gasteiger charge is 2.43. The first kappa shape index (κ1) is 27.4. The average molecular weight is 591 g/mol. The summed E-state index contributed by atoms with van der Waals surface area (Å²) < 4.78 is 53.9. The van der Waals surface area contributed by atoms with E-state index in [1.165, 1.54) is 12.1 Å². The van der Waals surface area contributed by atoms with Gasteiger partial charge in [-0.05, 0) is 35.9 Å². The molecule has 37 heavy (non-hydrogen) atoms. The van der Waals surface area contributed by atoms with Crippen LogP contribution in [-0.2, 0) is 31.2 Å². The van der Waals surface area contributed by atoms with E-state index >= 15 is 0 Å². The third kappa shape index (κ3) is 7.24. The van der Waals surface area contributed by atoms with Crippen LogP contribution < -0.4 is 4.72 Å². The summed E-state index contributed by atoms with van der Waals surface area (Å²) in [7, 11) is -7.86. The number of nitrogens with zero attached hydrogens (tertiary/aromatic N) is 3. The molecule has 0 aliphatic carbocycles. The van der Waals surface area contributed by atoms with E-state index in [-0.39, 0.29) is 35.7 Å². The summed E-state index contributed by atoms with van der Waals surface area (Å²) in [5.41, 5.74) is 0.860. The lowest BCUT2D eigenvalue weighted by molar-refractivity contribution is 0.0759. The molecule has 15 heteroatoms. The lowest BCUT2D eigenvalue weighted by atomic mass is 10.0. The van der Waals surface area contributed by atoms with Crippen molar-refractivity contribution in [2.24, 2.45) is 11.8 Å². The molecule has 3 heterocycles. The minimum absolute atomic E-state index is 0.0433. The largest absolute Gasteiger partial charge is 0.445 e. The van der Waals surface area contributed by atoms with E-state index in [2.05, 4.69) is 9.71 Å². The van der Waals surface area contributed by atoms with Crippen molar-refractivity contribution < 1.29 is 31.2 Å². The number of fused-ring (bicyclic) bond motifs is 1. The van der Waals surface area contributed by atoms with Crippen molar-refractivity contribution in [3.05, 3.63) is 57.8 Å². The molecule has 1 aromatic heterocycles. The molecule has 2 amide bonds. The van der Waals surface area contributed by atoms with Gasteiger partial charge in [-0.1, -0.05) is 23.2 Å². The third-order valence-corrected chi connectivity index (χ3v) is 9.88. The lowest BCUT2D eigenvalue weighted by Crippen LogP contribution is -2.36. The number of nitrogens with one attached hydrogen (secondary N) is 1. The molecule has 2 atom stereocenters. The summed E-state index contributed by atoms with van der Waals surface area (Å²) in [6.07, 6.45) is 1.53. The first-order valence-electron chi connectivity index (χ1n) is 11.1. The Kier molecular flexibility index (Phi) is 7.88. The van der Waals surface area contributed by atoms with E-state index in [1.807, 2.05) is 0 Å². The van der Waals surface area contributed by atoms with Gasteiger partial charge in [-0.2, -0.15) is 0 Å². The van der Waals surface area contributed by atoms with Crippen LogP contribution in [0.2, 0.25) is 10.0 Å². The molecule has 2 aromatic rings. The second-order valence-corrected chi connectivity index (χ2v) is 14.3. The van der Waals surface area contributed by atoms with Crippen LogP contribution in [0.25, 0.3) is 0 Å². The van der Waals surface area contributed by atoms with E-state index in [0.29, 0.717) is 41.8 Å². The smallest absolute Gasteiger partial charge is 0.410 e. The molecular weight excluding hydrogens is 567 g/mol. The molecule has 0 radical (unpaired) electrons. The number of ether oxygens (including phenoxy) is 1. The van der Waals surface area contributed by atoms with Gasteiger partial charge in [-0.25, -0.2) is 26.6 Å². The number of amides is 2. The molecule has 1 aromatic carbocycles. The molecule has 0 spiro atoms. The van der Waals surface area contributed by atoms with Gasteiger partial charge in [0.25, 0.3) is 5.91 Å². The third-order valence-electron chi connectivity index (χ3n) is 5.94. The number of benzene rings is 1. The van der Waals surface area contributed by atoms with Gasteiger partial charge < -0.3 is 14.5 Å². The number of carbonyl (C=O) groups excluding carboxylic acids is 2. The van der Waals surface area contributed by atoms with Crippen LogP contribution in [0.1, 0.15) is 16.1 Å². The molecule has 0 unspecified atom stereocenters. The fraction of sp³-hybridized carbons (Fsp3) is 0.409. The van der Waals surface area contributed by atoms with Crippen molar-refractivity contribution in [1.29, 1.82) is 0 Å². The van der Waals surface area contributed by atoms with Crippen LogP contribution in [0.5, 0.6) is 0 Å². The van der Waals surface area contributed by atoms with E-state index < -0.39 is 31.0 Å². The Morgan fingerprint density at radius 2 is 1.59 bits per heavy atom. The SMILES string of the molecule is CS(=O)(=O)CS(=O)(=O)Nc1ccc(C(=O)N2C[C@H]3CN(C(=O)OCc4cc(Cl)cc(Cl)c4)C[C@H]3C2)nc1. The highest BCUT2D eigenvalue weighted by molar-refractivity contribution is 8.08. The number of sulfonamides is 1. The van der Waals surface area contributed by atoms with Crippen molar-refractivity contribution in [1.82, 2.24) is 14.8 Å². The Bertz CT molecular complexity index is 1380. The highest BCUT2D eigenvalue weighted by atomic mass is 35.5. The molecule has 200 valence electrons. The first-order chi connectivity index (χ1) is 17.3. The van der Waals surface area contributed by atoms with Gasteiger partial charge in [0.1, 0.15) is 12.3 Å². The van der Waals surface area contributed by atoms with Gasteiger partial charge in [0.05, 0.1) is 11.9 Å². The van der Waals surface area contributed by atoms with Crippen molar-refractivity contribution in [3.8, 4) is 0 Å². The zero-order valence-corrected chi connectivity index (χ0v) is 22.8. The Morgan fingerprint density at radius 3 is 2.14 bits per heavy atom. The van der Waals surface area contributed by atoms with Crippen molar-refractivity contribution in [2.75, 3.05) is 42.2 Å². The number of likely N-dealkylation sites (tertiary alicyclic amines) is 2. The number of sulfone groups is 1. The standard InChI is InChI=1S/C22H24Cl2N4O7S2/c1-36(31,32)13-37(33,34)26-19-2-3-20(25-7-19)21(29)27-8-15-10-28(11-16(15)9-27)22(30)35-12-14-4-17(23)6-18(24)5-14/h2-7,15-16,26H,8-13H2,1H3/t15-,16+. The van der Waals surface area contributed by atoms with Crippen LogP contribution in [-0.4, -0.2) is 81.1 Å². The molecule has 0 bridgehead atoms. The van der Waals surface area contributed by atoms with Crippen molar-refractivity contribution >= 4 is 60.8 Å². The maximum Gasteiger partial charge on any atom is 0.410 e. The maximum absolute atomic E-state index is 12.9. The number of pyridine rings is 1. The van der Waals surface area contributed by atoms with Crippen LogP contribution >= 0.6 is 23.2 Å². The van der Waals surface area contributed by atoms with Gasteiger partial charge in [0.2, 0.25) is 10.0 Å². The molecule has 4 rings (SSSR count). The summed E-state index contributed by atoms with van der Waals surface area (Å²) in [4.78, 5) is 32.8. The fourth-order valence-corrected chi connectivity index (χ4v) is 8.01. The van der Waals surface area contributed by atoms with Crippen molar-refractivity contribution in [2.45, 2.75) is 6.61 Å². The Labute approximate surface area is 224 Å². The summed E-state index contributed by atoms with van der Waals surface area (Å²) >= 11 is 12.0. The Balaban J connectivity index is 1.28. The number of hydrogen-bond acceptors (Lipinski definition) is 8. The van der Waals surface area contributed by atoms with Crippen LogP contribution in [0.15, 0.2) is 36.5 Å². The molecule has 0 saturated carbocycles. The predicted octanol–water partition coefficient (Wildman–Crippen LogP) is 2.47. The van der Waals surface area contributed by atoms with E-state index in [9.17, 15) is 26.4 Å². The highest BCUT2D eigenvalue weighted by Crippen LogP contribution is 2.32. The fourth-order valence-electron chi connectivity index (χ4n) is 4.47. The second-order valence-electron chi connectivity index (χ2n) is 9.16. The monoisotopic (exact) mass is 590 g/mol. The number of carbonyl (C=O) groups is 2. The zero-order chi connectivity index (χ0) is 27.0. The molecule has 2 fully saturated rings. The van der Waals surface area contributed by atoms with E-state index in [4.69, 9.17) is 27.9 Å². The van der Waals surface area contributed by atoms with Gasteiger partial charge in [0.15, 0.2) is 14.9 Å². The summed E-state index contributed by atoms with van der Waals surface area (Å²) in [6, 6.07) is 7.67. The summed E-state index contributed by atoms with van der Waals surface area (Å²) in [5.74, 6) is -0.120. The number of rotatable bonds is 7. The van der Waals surface area contributed by atoms with Crippen molar-refractivity contribution in [3.63, 3.8) is 0 Å². The van der Waals surface area contributed by atoms with Gasteiger partial charge in [0, 0.05) is 54.3 Å². The van der Waals surface area contributed by atoms with Gasteiger partial charge >= 0.3 is 6.09 Å². The molecular formula is C22H24Cl2N4O7S2. The Morgan fingerprint density at radius 1 is 1.00 bits per heavy atom. The molecule has 1 N–H and O–H groups in total. The van der Waals surface area contributed by atoms with E-state index in [0.717, 1.165) is 12.5 Å². The van der Waals surface area contributed by atoms with Gasteiger partial charge in [-0.3, -0.25) is 9.52 Å². The van der Waals surface area contributed by atoms with Crippen LogP contribution in [0, 0.1) is 11.8 Å². The second kappa shape index (κ2) is 10.6. The van der Waals surface area contributed by atoms with Gasteiger partial charge in [-0.15, -0.1) is 0 Å². The van der Waals surface area contributed by atoms with Crippen LogP contribution in [0.3, 0.4) is 0 Å². The lowest BCUT2D eigenvalue weighted by Gasteiger charge is -2.21.